The molecule has 2 rings (SSSR count). The van der Waals surface area contributed by atoms with Crippen molar-refractivity contribution in [2.24, 2.45) is 0 Å². The molecule has 0 unspecified atom stereocenters. The summed E-state index contributed by atoms with van der Waals surface area (Å²) >= 11 is 0. The van der Waals surface area contributed by atoms with Crippen LogP contribution in [0.15, 0.2) is 30.3 Å². The van der Waals surface area contributed by atoms with Gasteiger partial charge in [0, 0.05) is 36.1 Å². The van der Waals surface area contributed by atoms with Crippen molar-refractivity contribution in [1.29, 1.82) is 0 Å². The van der Waals surface area contributed by atoms with E-state index in [0.29, 0.717) is 17.3 Å². The van der Waals surface area contributed by atoms with E-state index in [1.54, 1.807) is 13.0 Å². The first-order valence-corrected chi connectivity index (χ1v) is 9.02. The Morgan fingerprint density at radius 2 is 1.69 bits per heavy atom. The van der Waals surface area contributed by atoms with Gasteiger partial charge < -0.3 is 15.5 Å². The highest BCUT2D eigenvalue weighted by atomic mass is 16.2. The predicted molar refractivity (Wildman–Crippen MR) is 107 cm³/mol. The van der Waals surface area contributed by atoms with Crippen LogP contribution in [-0.4, -0.2) is 34.5 Å². The van der Waals surface area contributed by atoms with Crippen LogP contribution in [0, 0.1) is 6.92 Å². The molecule has 0 bridgehead atoms. The monoisotopic (exact) mass is 355 g/mol. The molecule has 0 saturated carbocycles. The molecule has 0 radical (unpaired) electrons. The first kappa shape index (κ1) is 19.7. The average molecular weight is 355 g/mol. The number of nitrogens with one attached hydrogen (secondary N) is 2. The van der Waals surface area contributed by atoms with Crippen LogP contribution in [0.5, 0.6) is 0 Å². The van der Waals surface area contributed by atoms with Crippen LogP contribution in [0.4, 0.5) is 17.2 Å². The zero-order valence-electron chi connectivity index (χ0n) is 16.6. The topological polar surface area (TPSA) is 70.2 Å². The molecule has 1 aromatic carbocycles. The zero-order valence-corrected chi connectivity index (χ0v) is 16.6. The van der Waals surface area contributed by atoms with Crippen molar-refractivity contribution in [2.45, 2.75) is 47.1 Å². The Labute approximate surface area is 156 Å². The van der Waals surface area contributed by atoms with E-state index in [-0.39, 0.29) is 11.4 Å². The third-order valence-corrected chi connectivity index (χ3v) is 3.83. The summed E-state index contributed by atoms with van der Waals surface area (Å²) in [5.74, 6) is 0.948. The summed E-state index contributed by atoms with van der Waals surface area (Å²) in [7, 11) is 0. The maximum absolute atomic E-state index is 12.4. The Hall–Kier alpha value is -2.63. The van der Waals surface area contributed by atoms with Crippen LogP contribution in [0.1, 0.15) is 50.9 Å². The van der Waals surface area contributed by atoms with E-state index in [4.69, 9.17) is 0 Å². The fourth-order valence-corrected chi connectivity index (χ4v) is 2.64. The molecule has 0 saturated heterocycles. The number of nitrogens with zero attached hydrogens (tertiary/aromatic N) is 3. The molecule has 6 heteroatoms. The lowest BCUT2D eigenvalue weighted by molar-refractivity contribution is 0.0914. The third kappa shape index (κ3) is 5.44. The van der Waals surface area contributed by atoms with E-state index >= 15 is 0 Å². The number of aromatic nitrogens is 2. The van der Waals surface area contributed by atoms with Crippen LogP contribution < -0.4 is 15.5 Å². The highest BCUT2D eigenvalue weighted by Gasteiger charge is 2.17. The van der Waals surface area contributed by atoms with E-state index in [9.17, 15) is 4.79 Å². The molecular weight excluding hydrogens is 326 g/mol. The van der Waals surface area contributed by atoms with Crippen molar-refractivity contribution in [3.05, 3.63) is 41.9 Å². The minimum absolute atomic E-state index is 0.206. The van der Waals surface area contributed by atoms with Gasteiger partial charge in [-0.15, -0.1) is 0 Å². The van der Waals surface area contributed by atoms with Gasteiger partial charge in [0.2, 0.25) is 0 Å². The fraction of sp³-hybridized carbons (Fsp3) is 0.450. The lowest BCUT2D eigenvalue weighted by Crippen LogP contribution is -2.41. The van der Waals surface area contributed by atoms with Crippen LogP contribution in [0.3, 0.4) is 0 Å². The summed E-state index contributed by atoms with van der Waals surface area (Å²) in [4.78, 5) is 23.3. The number of hydrogen-bond donors (Lipinski definition) is 2. The molecule has 1 aromatic heterocycles. The van der Waals surface area contributed by atoms with Crippen molar-refractivity contribution in [3.8, 4) is 0 Å². The van der Waals surface area contributed by atoms with E-state index in [1.807, 2.05) is 32.9 Å². The van der Waals surface area contributed by atoms with Crippen LogP contribution in [0.25, 0.3) is 0 Å². The number of aryl methyl sites for hydroxylation is 1. The molecule has 0 aliphatic heterocycles. The average Bonchev–Trinajstić information content (AvgIpc) is 2.55. The molecular formula is C20H29N5O. The Bertz CT molecular complexity index is 746. The van der Waals surface area contributed by atoms with Gasteiger partial charge in [0.25, 0.3) is 5.91 Å². The molecule has 0 atom stereocenters. The summed E-state index contributed by atoms with van der Waals surface area (Å²) in [5.41, 5.74) is 2.14. The van der Waals surface area contributed by atoms with Crippen LogP contribution >= 0.6 is 0 Å². The SMILES string of the molecule is CCN(CC)c1ccc(Nc2cc(C(=O)NC(C)(C)C)nc(C)n2)cc1. The number of rotatable bonds is 6. The summed E-state index contributed by atoms with van der Waals surface area (Å²) in [6.07, 6.45) is 0. The minimum atomic E-state index is -0.316. The molecule has 0 aliphatic carbocycles. The summed E-state index contributed by atoms with van der Waals surface area (Å²) in [6, 6.07) is 9.86. The molecule has 2 N–H and O–H groups in total. The second kappa shape index (κ2) is 8.17. The number of benzene rings is 1. The van der Waals surface area contributed by atoms with Crippen molar-refractivity contribution >= 4 is 23.1 Å². The van der Waals surface area contributed by atoms with Gasteiger partial charge in [0.15, 0.2) is 0 Å². The molecule has 140 valence electrons. The number of carbonyl (C=O) groups is 1. The lowest BCUT2D eigenvalue weighted by atomic mass is 10.1. The Balaban J connectivity index is 2.18. The standard InChI is InChI=1S/C20H29N5O/c1-7-25(8-2)16-11-9-15(10-12-16)23-18-13-17(21-14(3)22-18)19(26)24-20(4,5)6/h9-13H,7-8H2,1-6H3,(H,24,26)(H,21,22,23). The maximum Gasteiger partial charge on any atom is 0.270 e. The third-order valence-electron chi connectivity index (χ3n) is 3.83. The number of carbonyl (C=O) groups excluding carboxylic acids is 1. The number of anilines is 3. The Morgan fingerprint density at radius 1 is 1.08 bits per heavy atom. The quantitative estimate of drug-likeness (QED) is 0.822. The molecule has 1 amide bonds. The zero-order chi connectivity index (χ0) is 19.3. The van der Waals surface area contributed by atoms with Gasteiger partial charge in [-0.05, 0) is 65.8 Å². The van der Waals surface area contributed by atoms with Crippen molar-refractivity contribution in [1.82, 2.24) is 15.3 Å². The number of amides is 1. The minimum Gasteiger partial charge on any atom is -0.372 e. The second-order valence-corrected chi connectivity index (χ2v) is 7.23. The highest BCUT2D eigenvalue weighted by molar-refractivity contribution is 5.93. The van der Waals surface area contributed by atoms with E-state index < -0.39 is 0 Å². The Morgan fingerprint density at radius 3 is 2.23 bits per heavy atom. The van der Waals surface area contributed by atoms with Gasteiger partial charge in [0.05, 0.1) is 0 Å². The lowest BCUT2D eigenvalue weighted by Gasteiger charge is -2.21. The Kier molecular flexibility index (Phi) is 6.18. The summed E-state index contributed by atoms with van der Waals surface area (Å²) in [6.45, 7) is 13.8. The molecule has 6 nitrogen and oxygen atoms in total. The first-order valence-electron chi connectivity index (χ1n) is 9.02. The molecule has 1 heterocycles. The normalized spacial score (nSPS) is 11.2. The fourth-order valence-electron chi connectivity index (χ4n) is 2.64. The first-order chi connectivity index (χ1) is 12.2. The van der Waals surface area contributed by atoms with E-state index in [1.165, 1.54) is 5.69 Å². The van der Waals surface area contributed by atoms with E-state index in [0.717, 1.165) is 18.8 Å². The maximum atomic E-state index is 12.4. The molecule has 0 spiro atoms. The smallest absolute Gasteiger partial charge is 0.270 e. The summed E-state index contributed by atoms with van der Waals surface area (Å²) < 4.78 is 0. The second-order valence-electron chi connectivity index (χ2n) is 7.23. The predicted octanol–water partition coefficient (Wildman–Crippen LogP) is 3.90. The molecule has 2 aromatic rings. The molecule has 0 aliphatic rings. The van der Waals surface area contributed by atoms with Gasteiger partial charge in [-0.1, -0.05) is 0 Å². The van der Waals surface area contributed by atoms with Gasteiger partial charge in [-0.2, -0.15) is 0 Å². The largest absolute Gasteiger partial charge is 0.372 e. The van der Waals surface area contributed by atoms with Crippen molar-refractivity contribution < 1.29 is 4.79 Å². The van der Waals surface area contributed by atoms with Crippen molar-refractivity contribution in [3.63, 3.8) is 0 Å². The van der Waals surface area contributed by atoms with Crippen LogP contribution in [-0.2, 0) is 0 Å². The van der Waals surface area contributed by atoms with Gasteiger partial charge in [0.1, 0.15) is 17.3 Å². The van der Waals surface area contributed by atoms with Gasteiger partial charge >= 0.3 is 0 Å². The molecule has 0 fully saturated rings. The highest BCUT2D eigenvalue weighted by Crippen LogP contribution is 2.21. The van der Waals surface area contributed by atoms with E-state index in [2.05, 4.69) is 51.5 Å². The molecule has 26 heavy (non-hydrogen) atoms. The van der Waals surface area contributed by atoms with Crippen LogP contribution in [0.2, 0.25) is 0 Å². The van der Waals surface area contributed by atoms with Gasteiger partial charge in [-0.25, -0.2) is 9.97 Å². The summed E-state index contributed by atoms with van der Waals surface area (Å²) in [5, 5.41) is 6.18. The number of hydrogen-bond acceptors (Lipinski definition) is 5. The van der Waals surface area contributed by atoms with Gasteiger partial charge in [-0.3, -0.25) is 4.79 Å². The van der Waals surface area contributed by atoms with Crippen molar-refractivity contribution in [2.75, 3.05) is 23.3 Å².